The van der Waals surface area contributed by atoms with Gasteiger partial charge in [-0.3, -0.25) is 0 Å². The number of nitrogens with zero attached hydrogens (tertiary/aromatic N) is 4. The number of para-hydroxylation sites is 4. The molecule has 7 saturated carbocycles. The number of aromatic nitrogens is 3. The van der Waals surface area contributed by atoms with Crippen molar-refractivity contribution in [3.05, 3.63) is 179 Å². The third-order valence-corrected chi connectivity index (χ3v) is 18.4. The molecule has 5 heteroatoms. The summed E-state index contributed by atoms with van der Waals surface area (Å²) in [6.45, 7) is 0. The Balaban J connectivity index is 0.888. The van der Waals surface area contributed by atoms with Crippen LogP contribution >= 0.6 is 0 Å². The molecule has 8 aromatic rings. The third-order valence-electron chi connectivity index (χ3n) is 18.4. The molecule has 0 saturated heterocycles. The maximum absolute atomic E-state index is 6.90. The summed E-state index contributed by atoms with van der Waals surface area (Å²) in [5.74, 6) is 8.23. The standard InChI is InChI=1S/C60H54N4O/c1-2-11-44(12-3-1)60(50-17-10-14-47-46-13-4-9-20-53(46)65-54(47)50)48-15-5-7-18-51(48)64(52-19-8-6-16-49(52)60)45-25-23-41(24-26-45)55-61-56(58-32-38-27-39(33-58)29-40(28-38)34-58)63-57(62-55)59-31-37-21-22-42(35-59)43(30-37)36-59/h1-20,23-26,37-40,42-43H,21-22,27-36H2. The molecule has 7 aliphatic carbocycles. The molecule has 0 N–H and O–H groups in total. The Hall–Kier alpha value is -6.07. The topological polar surface area (TPSA) is 55.1 Å². The minimum Gasteiger partial charge on any atom is -0.456 e. The molecule has 0 amide bonds. The Kier molecular flexibility index (Phi) is 7.72. The molecular formula is C60H54N4O. The number of anilines is 3. The molecule has 7 fully saturated rings. The van der Waals surface area contributed by atoms with Gasteiger partial charge in [-0.15, -0.1) is 0 Å². The summed E-state index contributed by atoms with van der Waals surface area (Å²) < 4.78 is 6.90. The number of fused-ring (bicyclic) bond motifs is 7. The highest BCUT2D eigenvalue weighted by molar-refractivity contribution is 6.07. The monoisotopic (exact) mass is 846 g/mol. The van der Waals surface area contributed by atoms with E-state index in [-0.39, 0.29) is 10.8 Å². The molecule has 2 aromatic heterocycles. The van der Waals surface area contributed by atoms with E-state index in [4.69, 9.17) is 19.4 Å². The lowest BCUT2D eigenvalue weighted by Gasteiger charge is -2.56. The van der Waals surface area contributed by atoms with Gasteiger partial charge < -0.3 is 9.32 Å². The van der Waals surface area contributed by atoms with Crippen molar-refractivity contribution < 1.29 is 4.42 Å². The van der Waals surface area contributed by atoms with Gasteiger partial charge in [0.25, 0.3) is 0 Å². The maximum atomic E-state index is 6.90. The Labute approximate surface area is 381 Å². The van der Waals surface area contributed by atoms with Gasteiger partial charge in [-0.25, -0.2) is 15.0 Å². The average molecular weight is 847 g/mol. The lowest BCUT2D eigenvalue weighted by molar-refractivity contribution is -0.00974. The van der Waals surface area contributed by atoms with Gasteiger partial charge in [0.15, 0.2) is 5.82 Å². The normalized spacial score (nSPS) is 29.9. The van der Waals surface area contributed by atoms with Crippen molar-refractivity contribution >= 4 is 39.0 Å². The van der Waals surface area contributed by atoms with E-state index in [1.54, 1.807) is 0 Å². The SMILES string of the molecule is c1ccc(C2(c3cccc4c3oc3ccccc34)c3ccccc3N(c3ccc(-c4nc(C56CC7CC(CC(C7)C5)C6)nc(C56CC7CCC(C5)C(C7)C6)n4)cc3)c3ccccc32)cc1. The minimum absolute atomic E-state index is 0.114. The van der Waals surface area contributed by atoms with Gasteiger partial charge in [0, 0.05) is 38.4 Å². The zero-order valence-corrected chi connectivity index (χ0v) is 37.0. The Morgan fingerprint density at radius 2 is 1.05 bits per heavy atom. The van der Waals surface area contributed by atoms with Crippen LogP contribution in [0.25, 0.3) is 33.3 Å². The predicted molar refractivity (Wildman–Crippen MR) is 259 cm³/mol. The van der Waals surface area contributed by atoms with E-state index in [0.29, 0.717) is 0 Å². The van der Waals surface area contributed by atoms with Gasteiger partial charge >= 0.3 is 0 Å². The first-order valence-electron chi connectivity index (χ1n) is 24.9. The first kappa shape index (κ1) is 37.2. The second-order valence-electron chi connectivity index (χ2n) is 21.9. The Bertz CT molecular complexity index is 3090. The molecule has 0 spiro atoms. The fourth-order valence-electron chi connectivity index (χ4n) is 16.3. The predicted octanol–water partition coefficient (Wildman–Crippen LogP) is 14.5. The van der Waals surface area contributed by atoms with E-state index < -0.39 is 5.41 Å². The number of rotatable bonds is 6. The van der Waals surface area contributed by atoms with Gasteiger partial charge in [-0.1, -0.05) is 110 Å². The van der Waals surface area contributed by atoms with Crippen molar-refractivity contribution in [2.45, 2.75) is 93.3 Å². The highest BCUT2D eigenvalue weighted by Crippen LogP contribution is 2.64. The van der Waals surface area contributed by atoms with Crippen LogP contribution in [0.15, 0.2) is 150 Å². The highest BCUT2D eigenvalue weighted by atomic mass is 16.3. The minimum atomic E-state index is -0.662. The highest BCUT2D eigenvalue weighted by Gasteiger charge is 2.57. The second kappa shape index (κ2) is 13.5. The smallest absolute Gasteiger partial charge is 0.163 e. The van der Waals surface area contributed by atoms with E-state index >= 15 is 0 Å². The van der Waals surface area contributed by atoms with Crippen molar-refractivity contribution in [3.8, 4) is 11.4 Å². The summed E-state index contributed by atoms with van der Waals surface area (Å²) in [5.41, 5.74) is 10.7. The van der Waals surface area contributed by atoms with Gasteiger partial charge in [0.05, 0.1) is 16.8 Å². The van der Waals surface area contributed by atoms with E-state index in [1.807, 2.05) is 0 Å². The van der Waals surface area contributed by atoms with Crippen LogP contribution in [-0.2, 0) is 16.2 Å². The summed E-state index contributed by atoms with van der Waals surface area (Å²) in [5, 5.41) is 2.28. The third kappa shape index (κ3) is 5.24. The fraction of sp³-hybridized carbons (Fsp3) is 0.350. The molecule has 3 heterocycles. The summed E-state index contributed by atoms with van der Waals surface area (Å²) in [4.78, 5) is 19.4. The number of hydrogen-bond donors (Lipinski definition) is 0. The van der Waals surface area contributed by atoms with Crippen molar-refractivity contribution in [3.63, 3.8) is 0 Å². The van der Waals surface area contributed by atoms with Gasteiger partial charge in [-0.2, -0.15) is 0 Å². The van der Waals surface area contributed by atoms with E-state index in [0.717, 1.165) is 103 Å². The zero-order chi connectivity index (χ0) is 42.5. The van der Waals surface area contributed by atoms with Gasteiger partial charge in [0.1, 0.15) is 22.8 Å². The van der Waals surface area contributed by atoms with Crippen LogP contribution < -0.4 is 4.90 Å². The van der Waals surface area contributed by atoms with Crippen LogP contribution in [0, 0.1) is 35.5 Å². The quantitative estimate of drug-likeness (QED) is 0.167. The van der Waals surface area contributed by atoms with E-state index in [9.17, 15) is 0 Å². The molecule has 1 aliphatic heterocycles. The van der Waals surface area contributed by atoms with E-state index in [2.05, 4.69) is 150 Å². The molecule has 4 unspecified atom stereocenters. The molecular weight excluding hydrogens is 793 g/mol. The van der Waals surface area contributed by atoms with Gasteiger partial charge in [-0.05, 0) is 165 Å². The van der Waals surface area contributed by atoms with Crippen LogP contribution in [0.4, 0.5) is 17.1 Å². The van der Waals surface area contributed by atoms with Crippen LogP contribution in [0.1, 0.15) is 111 Å². The molecule has 5 nitrogen and oxygen atoms in total. The van der Waals surface area contributed by atoms with Crippen molar-refractivity contribution in [1.82, 2.24) is 15.0 Å². The van der Waals surface area contributed by atoms with Crippen LogP contribution in [0.2, 0.25) is 0 Å². The van der Waals surface area contributed by atoms with Crippen LogP contribution in [0.5, 0.6) is 0 Å². The summed E-state index contributed by atoms with van der Waals surface area (Å²) in [6, 6.07) is 53.5. The molecule has 8 aliphatic rings. The summed E-state index contributed by atoms with van der Waals surface area (Å²) >= 11 is 0. The molecule has 4 atom stereocenters. The largest absolute Gasteiger partial charge is 0.456 e. The number of hydrogen-bond acceptors (Lipinski definition) is 5. The lowest BCUT2D eigenvalue weighted by atomic mass is 9.49. The maximum Gasteiger partial charge on any atom is 0.163 e. The second-order valence-corrected chi connectivity index (χ2v) is 21.9. The molecule has 65 heavy (non-hydrogen) atoms. The van der Waals surface area contributed by atoms with Crippen LogP contribution in [-0.4, -0.2) is 15.0 Å². The number of furan rings is 1. The fourth-order valence-corrected chi connectivity index (χ4v) is 16.3. The first-order chi connectivity index (χ1) is 32.0. The van der Waals surface area contributed by atoms with Crippen molar-refractivity contribution in [2.24, 2.45) is 35.5 Å². The summed E-state index contributed by atoms with van der Waals surface area (Å²) in [7, 11) is 0. The Morgan fingerprint density at radius 1 is 0.462 bits per heavy atom. The number of benzene rings is 6. The van der Waals surface area contributed by atoms with Gasteiger partial charge in [0.2, 0.25) is 0 Å². The van der Waals surface area contributed by atoms with Crippen molar-refractivity contribution in [1.29, 1.82) is 0 Å². The van der Waals surface area contributed by atoms with Crippen molar-refractivity contribution in [2.75, 3.05) is 4.90 Å². The molecule has 7 bridgehead atoms. The lowest BCUT2D eigenvalue weighted by Crippen LogP contribution is -2.49. The molecule has 0 radical (unpaired) electrons. The summed E-state index contributed by atoms with van der Waals surface area (Å²) in [6.07, 6.45) is 16.1. The van der Waals surface area contributed by atoms with Crippen LogP contribution in [0.3, 0.4) is 0 Å². The molecule has 16 rings (SSSR count). The first-order valence-corrected chi connectivity index (χ1v) is 24.9. The van der Waals surface area contributed by atoms with E-state index in [1.165, 1.54) is 93.7 Å². The zero-order valence-electron chi connectivity index (χ0n) is 37.0. The Morgan fingerprint density at radius 3 is 1.77 bits per heavy atom. The molecule has 6 aromatic carbocycles. The molecule has 320 valence electrons. The average Bonchev–Trinajstić information content (AvgIpc) is 3.81.